The molecule has 0 aromatic heterocycles. The van der Waals surface area contributed by atoms with Gasteiger partial charge < -0.3 is 4.90 Å². The van der Waals surface area contributed by atoms with Crippen molar-refractivity contribution < 1.29 is 9.18 Å². The van der Waals surface area contributed by atoms with Crippen molar-refractivity contribution in [1.29, 1.82) is 0 Å². The zero-order valence-electron chi connectivity index (χ0n) is 11.1. The summed E-state index contributed by atoms with van der Waals surface area (Å²) >= 11 is 0. The van der Waals surface area contributed by atoms with Crippen molar-refractivity contribution >= 4 is 5.91 Å². The quantitative estimate of drug-likeness (QED) is 0.825. The molecule has 0 aliphatic rings. The first kappa shape index (κ1) is 13.3. The number of halogens is 1. The van der Waals surface area contributed by atoms with Gasteiger partial charge in [-0.3, -0.25) is 4.79 Å². The average molecular weight is 257 g/mol. The Bertz CT molecular complexity index is 578. The summed E-state index contributed by atoms with van der Waals surface area (Å²) in [5, 5.41) is 0. The van der Waals surface area contributed by atoms with Crippen molar-refractivity contribution in [3.05, 3.63) is 71.0 Å². The number of carbonyl (C=O) groups is 1. The van der Waals surface area contributed by atoms with Crippen LogP contribution in [0.5, 0.6) is 0 Å². The van der Waals surface area contributed by atoms with E-state index in [4.69, 9.17) is 0 Å². The molecular formula is C16H16FNO. The van der Waals surface area contributed by atoms with Gasteiger partial charge in [-0.1, -0.05) is 35.9 Å². The Balaban J connectivity index is 2.12. The minimum Gasteiger partial charge on any atom is -0.337 e. The minimum absolute atomic E-state index is 0.108. The molecule has 0 aliphatic carbocycles. The second-order valence-electron chi connectivity index (χ2n) is 4.62. The summed E-state index contributed by atoms with van der Waals surface area (Å²) in [6, 6.07) is 13.9. The molecule has 0 fully saturated rings. The Hall–Kier alpha value is -2.16. The maximum atomic E-state index is 13.5. The van der Waals surface area contributed by atoms with Crippen LogP contribution in [0.4, 0.5) is 4.39 Å². The first-order valence-corrected chi connectivity index (χ1v) is 6.13. The highest BCUT2D eigenvalue weighted by atomic mass is 19.1. The normalized spacial score (nSPS) is 10.3. The van der Waals surface area contributed by atoms with E-state index < -0.39 is 0 Å². The number of hydrogen-bond acceptors (Lipinski definition) is 1. The summed E-state index contributed by atoms with van der Waals surface area (Å²) in [5.74, 6) is -0.394. The highest BCUT2D eigenvalue weighted by Crippen LogP contribution is 2.12. The number of amides is 1. The number of aryl methyl sites for hydroxylation is 1. The first-order valence-electron chi connectivity index (χ1n) is 6.13. The van der Waals surface area contributed by atoms with Crippen molar-refractivity contribution in [3.63, 3.8) is 0 Å². The number of rotatable bonds is 3. The summed E-state index contributed by atoms with van der Waals surface area (Å²) in [6.45, 7) is 2.23. The van der Waals surface area contributed by atoms with Crippen molar-refractivity contribution in [2.75, 3.05) is 7.05 Å². The van der Waals surface area contributed by atoms with Crippen molar-refractivity contribution in [2.45, 2.75) is 13.5 Å². The molecule has 2 rings (SSSR count). The topological polar surface area (TPSA) is 20.3 Å². The van der Waals surface area contributed by atoms with E-state index in [9.17, 15) is 9.18 Å². The molecule has 19 heavy (non-hydrogen) atoms. The molecule has 0 saturated carbocycles. The van der Waals surface area contributed by atoms with Crippen LogP contribution in [0.25, 0.3) is 0 Å². The molecule has 1 amide bonds. The summed E-state index contributed by atoms with van der Waals surface area (Å²) in [4.78, 5) is 13.7. The minimum atomic E-state index is -0.286. The fraction of sp³-hybridized carbons (Fsp3) is 0.188. The molecule has 2 nitrogen and oxygen atoms in total. The predicted octanol–water partition coefficient (Wildman–Crippen LogP) is 3.41. The lowest BCUT2D eigenvalue weighted by Gasteiger charge is -2.17. The highest BCUT2D eigenvalue weighted by molar-refractivity contribution is 5.94. The zero-order chi connectivity index (χ0) is 13.8. The largest absolute Gasteiger partial charge is 0.337 e. The number of benzene rings is 2. The van der Waals surface area contributed by atoms with Crippen LogP contribution in [0.2, 0.25) is 0 Å². The molecule has 2 aromatic rings. The second kappa shape index (κ2) is 5.65. The van der Waals surface area contributed by atoms with Crippen molar-refractivity contribution in [1.82, 2.24) is 4.90 Å². The van der Waals surface area contributed by atoms with E-state index in [1.807, 2.05) is 19.1 Å². The molecule has 0 heterocycles. The van der Waals surface area contributed by atoms with Crippen LogP contribution in [-0.2, 0) is 6.54 Å². The average Bonchev–Trinajstić information content (AvgIpc) is 2.41. The van der Waals surface area contributed by atoms with E-state index in [0.29, 0.717) is 11.1 Å². The van der Waals surface area contributed by atoms with Crippen LogP contribution >= 0.6 is 0 Å². The third-order valence-corrected chi connectivity index (χ3v) is 3.01. The smallest absolute Gasteiger partial charge is 0.253 e. The molecule has 0 N–H and O–H groups in total. The fourth-order valence-corrected chi connectivity index (χ4v) is 1.87. The van der Waals surface area contributed by atoms with Crippen LogP contribution in [0.3, 0.4) is 0 Å². The highest BCUT2D eigenvalue weighted by Gasteiger charge is 2.13. The number of carbonyl (C=O) groups excluding carboxylic acids is 1. The van der Waals surface area contributed by atoms with Gasteiger partial charge in [-0.05, 0) is 25.1 Å². The lowest BCUT2D eigenvalue weighted by atomic mass is 10.1. The SMILES string of the molecule is Cc1ccc(C(=O)N(C)Cc2ccccc2F)cc1. The zero-order valence-corrected chi connectivity index (χ0v) is 11.1. The first-order chi connectivity index (χ1) is 9.08. The molecule has 0 unspecified atom stereocenters. The summed E-state index contributed by atoms with van der Waals surface area (Å²) < 4.78 is 13.5. The summed E-state index contributed by atoms with van der Waals surface area (Å²) in [5.41, 5.74) is 2.24. The van der Waals surface area contributed by atoms with E-state index >= 15 is 0 Å². The van der Waals surface area contributed by atoms with Gasteiger partial charge in [0.25, 0.3) is 5.91 Å². The molecule has 0 radical (unpaired) electrons. The summed E-state index contributed by atoms with van der Waals surface area (Å²) in [7, 11) is 1.68. The van der Waals surface area contributed by atoms with Crippen LogP contribution in [0.15, 0.2) is 48.5 Å². The van der Waals surface area contributed by atoms with Gasteiger partial charge in [0.1, 0.15) is 5.82 Å². The van der Waals surface area contributed by atoms with Gasteiger partial charge in [0, 0.05) is 24.7 Å². The van der Waals surface area contributed by atoms with Gasteiger partial charge in [-0.2, -0.15) is 0 Å². The molecule has 0 atom stereocenters. The maximum Gasteiger partial charge on any atom is 0.253 e. The Morgan fingerprint density at radius 3 is 2.37 bits per heavy atom. The molecule has 3 heteroatoms. The standard InChI is InChI=1S/C16H16FNO/c1-12-7-9-13(10-8-12)16(19)18(2)11-14-5-3-4-6-15(14)17/h3-10H,11H2,1-2H3. The Labute approximate surface area is 112 Å². The molecular weight excluding hydrogens is 241 g/mol. The lowest BCUT2D eigenvalue weighted by Crippen LogP contribution is -2.26. The fourth-order valence-electron chi connectivity index (χ4n) is 1.87. The van der Waals surface area contributed by atoms with Gasteiger partial charge in [0.05, 0.1) is 0 Å². The number of hydrogen-bond donors (Lipinski definition) is 0. The van der Waals surface area contributed by atoms with Gasteiger partial charge in [-0.25, -0.2) is 4.39 Å². The molecule has 0 spiro atoms. The lowest BCUT2D eigenvalue weighted by molar-refractivity contribution is 0.0784. The Morgan fingerprint density at radius 1 is 1.11 bits per heavy atom. The van der Waals surface area contributed by atoms with Crippen molar-refractivity contribution in [3.8, 4) is 0 Å². The van der Waals surface area contributed by atoms with Gasteiger partial charge in [-0.15, -0.1) is 0 Å². The monoisotopic (exact) mass is 257 g/mol. The second-order valence-corrected chi connectivity index (χ2v) is 4.62. The molecule has 0 saturated heterocycles. The molecule has 2 aromatic carbocycles. The van der Waals surface area contributed by atoms with Crippen LogP contribution in [0, 0.1) is 12.7 Å². The van der Waals surface area contributed by atoms with E-state index in [1.165, 1.54) is 11.0 Å². The van der Waals surface area contributed by atoms with E-state index in [0.717, 1.165) is 5.56 Å². The third-order valence-electron chi connectivity index (χ3n) is 3.01. The Morgan fingerprint density at radius 2 is 1.74 bits per heavy atom. The predicted molar refractivity (Wildman–Crippen MR) is 73.4 cm³/mol. The van der Waals surface area contributed by atoms with Gasteiger partial charge >= 0.3 is 0 Å². The third kappa shape index (κ3) is 3.19. The van der Waals surface area contributed by atoms with Crippen LogP contribution < -0.4 is 0 Å². The van der Waals surface area contributed by atoms with Crippen molar-refractivity contribution in [2.24, 2.45) is 0 Å². The Kier molecular flexibility index (Phi) is 3.95. The van der Waals surface area contributed by atoms with Crippen LogP contribution in [0.1, 0.15) is 21.5 Å². The van der Waals surface area contributed by atoms with E-state index in [2.05, 4.69) is 0 Å². The molecule has 98 valence electrons. The van der Waals surface area contributed by atoms with Crippen LogP contribution in [-0.4, -0.2) is 17.9 Å². The molecule has 0 bridgehead atoms. The van der Waals surface area contributed by atoms with Gasteiger partial charge in [0.15, 0.2) is 0 Å². The van der Waals surface area contributed by atoms with Gasteiger partial charge in [0.2, 0.25) is 0 Å². The summed E-state index contributed by atoms with van der Waals surface area (Å²) in [6.07, 6.45) is 0. The molecule has 0 aliphatic heterocycles. The van der Waals surface area contributed by atoms with E-state index in [1.54, 1.807) is 37.4 Å². The maximum absolute atomic E-state index is 13.5. The van der Waals surface area contributed by atoms with E-state index in [-0.39, 0.29) is 18.3 Å². The number of nitrogens with zero attached hydrogens (tertiary/aromatic N) is 1.